The molecule has 2 aliphatic rings. The summed E-state index contributed by atoms with van der Waals surface area (Å²) in [6.07, 6.45) is 3.48. The summed E-state index contributed by atoms with van der Waals surface area (Å²) in [5.41, 5.74) is -0.431. The zero-order chi connectivity index (χ0) is 14.8. The van der Waals surface area contributed by atoms with E-state index in [0.29, 0.717) is 0 Å². The maximum Gasteiger partial charge on any atom is 0.410 e. The summed E-state index contributed by atoms with van der Waals surface area (Å²) in [7, 11) is 0. The van der Waals surface area contributed by atoms with E-state index >= 15 is 0 Å². The lowest BCUT2D eigenvalue weighted by molar-refractivity contribution is 0.0161. The van der Waals surface area contributed by atoms with E-state index in [1.807, 2.05) is 25.7 Å². The number of rotatable bonds is 2. The molecule has 0 spiro atoms. The molecule has 0 aromatic heterocycles. The molecule has 1 atom stereocenters. The second kappa shape index (κ2) is 6.31. The number of hydrogen-bond acceptors (Lipinski definition) is 4. The van der Waals surface area contributed by atoms with E-state index in [4.69, 9.17) is 4.74 Å². The summed E-state index contributed by atoms with van der Waals surface area (Å²) in [4.78, 5) is 16.5. The smallest absolute Gasteiger partial charge is 0.410 e. The molecule has 0 aliphatic carbocycles. The summed E-state index contributed by atoms with van der Waals surface area (Å²) in [6, 6.07) is 0.264. The van der Waals surface area contributed by atoms with Crippen LogP contribution in [0.5, 0.6) is 0 Å². The molecule has 2 heterocycles. The van der Waals surface area contributed by atoms with E-state index in [1.165, 1.54) is 0 Å². The minimum Gasteiger partial charge on any atom is -0.444 e. The van der Waals surface area contributed by atoms with E-state index in [9.17, 15) is 9.90 Å². The van der Waals surface area contributed by atoms with Crippen LogP contribution in [0.15, 0.2) is 0 Å². The van der Waals surface area contributed by atoms with Crippen molar-refractivity contribution in [2.75, 3.05) is 26.2 Å². The zero-order valence-corrected chi connectivity index (χ0v) is 13.0. The minimum atomic E-state index is -0.431. The maximum atomic E-state index is 12.2. The van der Waals surface area contributed by atoms with Gasteiger partial charge >= 0.3 is 6.09 Å². The Morgan fingerprint density at radius 1 is 1.20 bits per heavy atom. The molecule has 5 heteroatoms. The first-order chi connectivity index (χ1) is 9.35. The monoisotopic (exact) mass is 284 g/mol. The van der Waals surface area contributed by atoms with Gasteiger partial charge in [0, 0.05) is 32.2 Å². The summed E-state index contributed by atoms with van der Waals surface area (Å²) in [5.74, 6) is 0. The van der Waals surface area contributed by atoms with Gasteiger partial charge in [0.25, 0.3) is 0 Å². The molecule has 0 aromatic carbocycles. The van der Waals surface area contributed by atoms with E-state index in [1.54, 1.807) is 0 Å². The second-order valence-corrected chi connectivity index (χ2v) is 7.00. The lowest BCUT2D eigenvalue weighted by Crippen LogP contribution is -2.47. The molecule has 0 bridgehead atoms. The number of carbonyl (C=O) groups excluding carboxylic acids is 1. The number of amides is 1. The predicted molar refractivity (Wildman–Crippen MR) is 77.6 cm³/mol. The van der Waals surface area contributed by atoms with Gasteiger partial charge < -0.3 is 19.6 Å². The Kier molecular flexibility index (Phi) is 4.91. The highest BCUT2D eigenvalue weighted by Gasteiger charge is 2.33. The van der Waals surface area contributed by atoms with Crippen molar-refractivity contribution in [1.82, 2.24) is 9.80 Å². The standard InChI is InChI=1S/C15H28N2O3/c1-15(2,3)20-14(19)17-8-4-5-12(17)11-16-9-6-13(18)7-10-16/h12-13,18H,4-11H2,1-3H3/t12-/m0/s1. The summed E-state index contributed by atoms with van der Waals surface area (Å²) < 4.78 is 5.49. The number of likely N-dealkylation sites (tertiary alicyclic amines) is 2. The van der Waals surface area contributed by atoms with Crippen molar-refractivity contribution in [3.05, 3.63) is 0 Å². The molecule has 0 radical (unpaired) electrons. The summed E-state index contributed by atoms with van der Waals surface area (Å²) >= 11 is 0. The SMILES string of the molecule is CC(C)(C)OC(=O)N1CCC[C@H]1CN1CCC(O)CC1. The van der Waals surface area contributed by atoms with Crippen LogP contribution in [-0.4, -0.2) is 64.9 Å². The first-order valence-corrected chi connectivity index (χ1v) is 7.75. The fourth-order valence-corrected chi connectivity index (χ4v) is 2.99. The molecule has 0 aromatic rings. The summed E-state index contributed by atoms with van der Waals surface area (Å²) in [5, 5.41) is 9.54. The van der Waals surface area contributed by atoms with Gasteiger partial charge in [-0.05, 0) is 46.5 Å². The normalized spacial score (nSPS) is 26.0. The third kappa shape index (κ3) is 4.35. The lowest BCUT2D eigenvalue weighted by Gasteiger charge is -2.35. The van der Waals surface area contributed by atoms with Gasteiger partial charge in [-0.2, -0.15) is 0 Å². The minimum absolute atomic E-state index is 0.142. The molecule has 2 aliphatic heterocycles. The quantitative estimate of drug-likeness (QED) is 0.840. The van der Waals surface area contributed by atoms with Crippen molar-refractivity contribution in [1.29, 1.82) is 0 Å². The van der Waals surface area contributed by atoms with Crippen molar-refractivity contribution in [2.24, 2.45) is 0 Å². The van der Waals surface area contributed by atoms with Crippen molar-refractivity contribution in [3.63, 3.8) is 0 Å². The van der Waals surface area contributed by atoms with Gasteiger partial charge in [-0.25, -0.2) is 4.79 Å². The first-order valence-electron chi connectivity index (χ1n) is 7.75. The molecule has 1 N–H and O–H groups in total. The van der Waals surface area contributed by atoms with Crippen LogP contribution in [0.2, 0.25) is 0 Å². The fourth-order valence-electron chi connectivity index (χ4n) is 2.99. The number of ether oxygens (including phenoxy) is 1. The van der Waals surface area contributed by atoms with Crippen LogP contribution in [0, 0.1) is 0 Å². The Bertz CT molecular complexity index is 333. The third-order valence-corrected chi connectivity index (χ3v) is 4.03. The Morgan fingerprint density at radius 3 is 2.45 bits per heavy atom. The van der Waals surface area contributed by atoms with Gasteiger partial charge in [-0.15, -0.1) is 0 Å². The molecule has 5 nitrogen and oxygen atoms in total. The molecule has 2 saturated heterocycles. The van der Waals surface area contributed by atoms with Crippen LogP contribution < -0.4 is 0 Å². The maximum absolute atomic E-state index is 12.2. The molecule has 1 amide bonds. The van der Waals surface area contributed by atoms with Gasteiger partial charge in [-0.1, -0.05) is 0 Å². The predicted octanol–water partition coefficient (Wildman–Crippen LogP) is 1.84. The number of aliphatic hydroxyl groups is 1. The second-order valence-electron chi connectivity index (χ2n) is 7.00. The van der Waals surface area contributed by atoms with Crippen LogP contribution in [-0.2, 0) is 4.74 Å². The highest BCUT2D eigenvalue weighted by Crippen LogP contribution is 2.22. The molecule has 0 saturated carbocycles. The molecule has 116 valence electrons. The summed E-state index contributed by atoms with van der Waals surface area (Å²) in [6.45, 7) is 9.29. The van der Waals surface area contributed by atoms with Gasteiger partial charge in [-0.3, -0.25) is 0 Å². The molecule has 2 rings (SSSR count). The first kappa shape index (κ1) is 15.6. The Hall–Kier alpha value is -0.810. The number of nitrogens with zero attached hydrogens (tertiary/aromatic N) is 2. The van der Waals surface area contributed by atoms with Crippen molar-refractivity contribution >= 4 is 6.09 Å². The lowest BCUT2D eigenvalue weighted by atomic mass is 10.1. The number of piperidine rings is 1. The van der Waals surface area contributed by atoms with Crippen LogP contribution in [0.4, 0.5) is 4.79 Å². The Balaban J connectivity index is 1.86. The van der Waals surface area contributed by atoms with Gasteiger partial charge in [0.2, 0.25) is 0 Å². The molecular weight excluding hydrogens is 256 g/mol. The average Bonchev–Trinajstić information content (AvgIpc) is 2.78. The largest absolute Gasteiger partial charge is 0.444 e. The van der Waals surface area contributed by atoms with Crippen LogP contribution in [0.1, 0.15) is 46.5 Å². The van der Waals surface area contributed by atoms with Crippen molar-refractivity contribution in [3.8, 4) is 0 Å². The van der Waals surface area contributed by atoms with Crippen molar-refractivity contribution < 1.29 is 14.6 Å². The van der Waals surface area contributed by atoms with E-state index in [0.717, 1.165) is 51.9 Å². The molecule has 2 fully saturated rings. The molecular formula is C15H28N2O3. The molecule has 20 heavy (non-hydrogen) atoms. The Labute approximate surface area is 121 Å². The topological polar surface area (TPSA) is 53.0 Å². The van der Waals surface area contributed by atoms with E-state index < -0.39 is 5.60 Å². The highest BCUT2D eigenvalue weighted by atomic mass is 16.6. The van der Waals surface area contributed by atoms with E-state index in [-0.39, 0.29) is 18.2 Å². The molecule has 0 unspecified atom stereocenters. The number of aliphatic hydroxyl groups excluding tert-OH is 1. The van der Waals surface area contributed by atoms with Gasteiger partial charge in [0.05, 0.1) is 6.10 Å². The average molecular weight is 284 g/mol. The van der Waals surface area contributed by atoms with Gasteiger partial charge in [0.1, 0.15) is 5.60 Å². The Morgan fingerprint density at radius 2 is 1.85 bits per heavy atom. The van der Waals surface area contributed by atoms with Gasteiger partial charge in [0.15, 0.2) is 0 Å². The number of carbonyl (C=O) groups is 1. The van der Waals surface area contributed by atoms with E-state index in [2.05, 4.69) is 4.90 Å². The van der Waals surface area contributed by atoms with Crippen molar-refractivity contribution in [2.45, 2.75) is 64.2 Å². The fraction of sp³-hybridized carbons (Fsp3) is 0.933. The van der Waals surface area contributed by atoms with Crippen LogP contribution in [0.3, 0.4) is 0 Å². The zero-order valence-electron chi connectivity index (χ0n) is 13.0. The van der Waals surface area contributed by atoms with Crippen LogP contribution >= 0.6 is 0 Å². The highest BCUT2D eigenvalue weighted by molar-refractivity contribution is 5.69. The third-order valence-electron chi connectivity index (χ3n) is 4.03. The number of hydrogen-bond donors (Lipinski definition) is 1. The van der Waals surface area contributed by atoms with Crippen LogP contribution in [0.25, 0.3) is 0 Å².